The summed E-state index contributed by atoms with van der Waals surface area (Å²) in [6.07, 6.45) is 0.553. The maximum atomic E-state index is 12.0. The van der Waals surface area contributed by atoms with Gasteiger partial charge in [-0.3, -0.25) is 9.59 Å². The minimum absolute atomic E-state index is 0.0416. The Kier molecular flexibility index (Phi) is 4.70. The van der Waals surface area contributed by atoms with Crippen LogP contribution in [0.15, 0.2) is 18.2 Å². The van der Waals surface area contributed by atoms with Crippen LogP contribution in [-0.4, -0.2) is 24.0 Å². The average Bonchev–Trinajstić information content (AvgIpc) is 2.35. The van der Waals surface area contributed by atoms with Crippen LogP contribution in [0.3, 0.4) is 0 Å². The fourth-order valence-corrected chi connectivity index (χ4v) is 1.73. The van der Waals surface area contributed by atoms with Crippen LogP contribution in [-0.2, 0) is 4.79 Å². The van der Waals surface area contributed by atoms with Gasteiger partial charge >= 0.3 is 5.97 Å². The topological polar surface area (TPSA) is 63.6 Å². The summed E-state index contributed by atoms with van der Waals surface area (Å²) >= 11 is 0. The Balaban J connectivity index is 2.74. The zero-order valence-electron chi connectivity index (χ0n) is 11.8. The summed E-state index contributed by atoms with van der Waals surface area (Å²) in [6, 6.07) is 5.24. The molecule has 0 heterocycles. The van der Waals surface area contributed by atoms with Crippen LogP contribution in [0.25, 0.3) is 0 Å². The molecule has 0 saturated carbocycles. The Hall–Kier alpha value is -1.84. The molecule has 0 spiro atoms. The zero-order valence-corrected chi connectivity index (χ0v) is 11.8. The summed E-state index contributed by atoms with van der Waals surface area (Å²) in [5.41, 5.74) is 0.613. The van der Waals surface area contributed by atoms with Crippen molar-refractivity contribution in [2.75, 3.05) is 7.11 Å². The van der Waals surface area contributed by atoms with E-state index >= 15 is 0 Å². The van der Waals surface area contributed by atoms with E-state index in [2.05, 4.69) is 0 Å². The molecular formula is C15H20O4. The first kappa shape index (κ1) is 15.2. The van der Waals surface area contributed by atoms with Crippen molar-refractivity contribution in [3.8, 4) is 5.75 Å². The van der Waals surface area contributed by atoms with E-state index in [0.717, 1.165) is 11.3 Å². The van der Waals surface area contributed by atoms with Crippen molar-refractivity contribution < 1.29 is 19.4 Å². The molecule has 0 aromatic heterocycles. The number of aryl methyl sites for hydroxylation is 1. The third kappa shape index (κ3) is 3.81. The quantitative estimate of drug-likeness (QED) is 0.802. The van der Waals surface area contributed by atoms with Gasteiger partial charge in [-0.2, -0.15) is 0 Å². The Morgan fingerprint density at radius 2 is 1.95 bits per heavy atom. The number of ether oxygens (including phenoxy) is 1. The van der Waals surface area contributed by atoms with Crippen LogP contribution in [0, 0.1) is 12.3 Å². The molecular weight excluding hydrogens is 244 g/mol. The Labute approximate surface area is 113 Å². The molecule has 0 radical (unpaired) electrons. The standard InChI is InChI=1S/C15H20O4/c1-10-9-11(5-6-13(10)19-4)12(16)7-8-15(2,3)14(17)18/h5-6,9H,7-8H2,1-4H3,(H,17,18). The maximum absolute atomic E-state index is 12.0. The van der Waals surface area contributed by atoms with Gasteiger partial charge in [0.2, 0.25) is 0 Å². The van der Waals surface area contributed by atoms with Crippen molar-refractivity contribution in [1.29, 1.82) is 0 Å². The number of benzene rings is 1. The molecule has 4 nitrogen and oxygen atoms in total. The van der Waals surface area contributed by atoms with E-state index < -0.39 is 11.4 Å². The van der Waals surface area contributed by atoms with E-state index in [0.29, 0.717) is 12.0 Å². The second-order valence-electron chi connectivity index (χ2n) is 5.30. The van der Waals surface area contributed by atoms with Gasteiger partial charge in [0.15, 0.2) is 5.78 Å². The monoisotopic (exact) mass is 264 g/mol. The van der Waals surface area contributed by atoms with Gasteiger partial charge in [0.05, 0.1) is 12.5 Å². The van der Waals surface area contributed by atoms with Gasteiger partial charge in [-0.1, -0.05) is 0 Å². The number of hydrogen-bond acceptors (Lipinski definition) is 3. The van der Waals surface area contributed by atoms with E-state index in [1.165, 1.54) is 0 Å². The van der Waals surface area contributed by atoms with E-state index in [1.54, 1.807) is 39.2 Å². The van der Waals surface area contributed by atoms with E-state index in [1.807, 2.05) is 6.92 Å². The van der Waals surface area contributed by atoms with Gasteiger partial charge in [0, 0.05) is 12.0 Å². The minimum atomic E-state index is -0.883. The summed E-state index contributed by atoms with van der Waals surface area (Å²) in [6.45, 7) is 5.13. The smallest absolute Gasteiger partial charge is 0.309 e. The molecule has 0 unspecified atom stereocenters. The second-order valence-corrected chi connectivity index (χ2v) is 5.30. The first-order valence-electron chi connectivity index (χ1n) is 6.19. The lowest BCUT2D eigenvalue weighted by Crippen LogP contribution is -2.24. The molecule has 4 heteroatoms. The maximum Gasteiger partial charge on any atom is 0.309 e. The molecule has 0 bridgehead atoms. The fourth-order valence-electron chi connectivity index (χ4n) is 1.73. The van der Waals surface area contributed by atoms with Gasteiger partial charge in [0.1, 0.15) is 5.75 Å². The largest absolute Gasteiger partial charge is 0.496 e. The molecule has 0 aliphatic carbocycles. The second kappa shape index (κ2) is 5.87. The predicted octanol–water partition coefficient (Wildman–Crippen LogP) is 3.08. The lowest BCUT2D eigenvalue weighted by atomic mass is 9.86. The first-order chi connectivity index (χ1) is 8.77. The van der Waals surface area contributed by atoms with E-state index in [4.69, 9.17) is 9.84 Å². The lowest BCUT2D eigenvalue weighted by Gasteiger charge is -2.18. The molecule has 0 aliphatic rings. The summed E-state index contributed by atoms with van der Waals surface area (Å²) in [7, 11) is 1.58. The van der Waals surface area contributed by atoms with Gasteiger partial charge < -0.3 is 9.84 Å². The van der Waals surface area contributed by atoms with Crippen LogP contribution >= 0.6 is 0 Å². The van der Waals surface area contributed by atoms with Crippen molar-refractivity contribution in [2.24, 2.45) is 5.41 Å². The van der Waals surface area contributed by atoms with Crippen molar-refractivity contribution in [3.63, 3.8) is 0 Å². The van der Waals surface area contributed by atoms with Crippen LogP contribution in [0.1, 0.15) is 42.6 Å². The van der Waals surface area contributed by atoms with E-state index in [9.17, 15) is 9.59 Å². The fraction of sp³-hybridized carbons (Fsp3) is 0.467. The number of hydrogen-bond donors (Lipinski definition) is 1. The average molecular weight is 264 g/mol. The van der Waals surface area contributed by atoms with Gasteiger partial charge in [-0.05, 0) is 51.0 Å². The first-order valence-corrected chi connectivity index (χ1v) is 6.19. The third-order valence-electron chi connectivity index (χ3n) is 3.27. The molecule has 0 aliphatic heterocycles. The minimum Gasteiger partial charge on any atom is -0.496 e. The number of carboxylic acids is 1. The van der Waals surface area contributed by atoms with E-state index in [-0.39, 0.29) is 12.2 Å². The normalized spacial score (nSPS) is 11.2. The molecule has 0 amide bonds. The highest BCUT2D eigenvalue weighted by Gasteiger charge is 2.27. The molecule has 0 atom stereocenters. The van der Waals surface area contributed by atoms with Crippen LogP contribution in [0.4, 0.5) is 0 Å². The highest BCUT2D eigenvalue weighted by atomic mass is 16.5. The van der Waals surface area contributed by atoms with Crippen LogP contribution in [0.5, 0.6) is 5.75 Å². The third-order valence-corrected chi connectivity index (χ3v) is 3.27. The van der Waals surface area contributed by atoms with Crippen LogP contribution in [0.2, 0.25) is 0 Å². The lowest BCUT2D eigenvalue weighted by molar-refractivity contribution is -0.147. The van der Waals surface area contributed by atoms with Crippen molar-refractivity contribution in [3.05, 3.63) is 29.3 Å². The molecule has 1 aromatic rings. The molecule has 104 valence electrons. The molecule has 1 aromatic carbocycles. The Morgan fingerprint density at radius 3 is 2.42 bits per heavy atom. The summed E-state index contributed by atoms with van der Waals surface area (Å²) in [4.78, 5) is 23.0. The highest BCUT2D eigenvalue weighted by Crippen LogP contribution is 2.25. The Bertz CT molecular complexity index is 489. The Morgan fingerprint density at radius 1 is 1.32 bits per heavy atom. The summed E-state index contributed by atoms with van der Waals surface area (Å²) in [5, 5.41) is 9.01. The number of methoxy groups -OCH3 is 1. The molecule has 1 N–H and O–H groups in total. The zero-order chi connectivity index (χ0) is 14.6. The van der Waals surface area contributed by atoms with Crippen molar-refractivity contribution in [2.45, 2.75) is 33.6 Å². The number of ketones is 1. The molecule has 19 heavy (non-hydrogen) atoms. The summed E-state index contributed by atoms with van der Waals surface area (Å²) < 4.78 is 5.14. The highest BCUT2D eigenvalue weighted by molar-refractivity contribution is 5.96. The van der Waals surface area contributed by atoms with Gasteiger partial charge in [-0.15, -0.1) is 0 Å². The molecule has 0 saturated heterocycles. The van der Waals surface area contributed by atoms with Crippen molar-refractivity contribution in [1.82, 2.24) is 0 Å². The predicted molar refractivity (Wildman–Crippen MR) is 72.7 cm³/mol. The summed E-state index contributed by atoms with van der Waals surface area (Å²) in [5.74, 6) is -0.186. The number of Topliss-reactive ketones (excluding diaryl/α,β-unsaturated/α-hetero) is 1. The number of carbonyl (C=O) groups excluding carboxylic acids is 1. The molecule has 1 rings (SSSR count). The van der Waals surface area contributed by atoms with Gasteiger partial charge in [-0.25, -0.2) is 0 Å². The number of carbonyl (C=O) groups is 2. The van der Waals surface area contributed by atoms with Gasteiger partial charge in [0.25, 0.3) is 0 Å². The van der Waals surface area contributed by atoms with Crippen LogP contribution < -0.4 is 4.74 Å². The number of carboxylic acid groups (broad SMARTS) is 1. The number of rotatable bonds is 6. The molecule has 0 fully saturated rings. The van der Waals surface area contributed by atoms with Crippen molar-refractivity contribution >= 4 is 11.8 Å². The number of aliphatic carboxylic acids is 1. The SMILES string of the molecule is COc1ccc(C(=O)CCC(C)(C)C(=O)O)cc1C.